The van der Waals surface area contributed by atoms with Crippen LogP contribution in [0.3, 0.4) is 0 Å². The molecule has 0 bridgehead atoms. The van der Waals surface area contributed by atoms with E-state index in [4.69, 9.17) is 0 Å². The number of esters is 1. The fourth-order valence-electron chi connectivity index (χ4n) is 0.716. The van der Waals surface area contributed by atoms with Crippen molar-refractivity contribution >= 4 is 5.97 Å². The van der Waals surface area contributed by atoms with E-state index in [1.165, 1.54) is 6.08 Å². The number of hydrogen-bond donors (Lipinski definition) is 1. The summed E-state index contributed by atoms with van der Waals surface area (Å²) in [6.45, 7) is 10.0. The molecule has 0 aromatic rings. The minimum Gasteiger partial charge on any atom is -0.464 e. The lowest BCUT2D eigenvalue weighted by Crippen LogP contribution is -2.20. The van der Waals surface area contributed by atoms with Gasteiger partial charge in [0.1, 0.15) is 0 Å². The molecule has 0 aromatic carbocycles. The minimum atomic E-state index is -1.22. The first-order valence-electron chi connectivity index (χ1n) is 5.07. The van der Waals surface area contributed by atoms with Gasteiger partial charge in [-0.1, -0.05) is 20.8 Å². The van der Waals surface area contributed by atoms with E-state index in [1.807, 2.05) is 27.7 Å². The molecule has 3 nitrogen and oxygen atoms in total. The van der Waals surface area contributed by atoms with Crippen molar-refractivity contribution in [3.05, 3.63) is 17.4 Å². The van der Waals surface area contributed by atoms with Crippen LogP contribution in [-0.4, -0.2) is 23.8 Å². The van der Waals surface area contributed by atoms with E-state index in [0.717, 1.165) is 5.57 Å². The standard InChI is InChI=1S/C12H20O3/c1-6-15-11(14)10(13)8-7-9(2)12(3,4)5/h8,10,13H,6H2,1-5H3/t7?,10-/m0/s1. The van der Waals surface area contributed by atoms with E-state index in [0.29, 0.717) is 0 Å². The van der Waals surface area contributed by atoms with Crippen molar-refractivity contribution in [3.8, 4) is 0 Å². The lowest BCUT2D eigenvalue weighted by molar-refractivity contribution is -0.150. The smallest absolute Gasteiger partial charge is 0.339 e. The van der Waals surface area contributed by atoms with E-state index in [2.05, 4.69) is 10.5 Å². The summed E-state index contributed by atoms with van der Waals surface area (Å²) in [7, 11) is 0. The van der Waals surface area contributed by atoms with Crippen molar-refractivity contribution in [2.45, 2.75) is 40.7 Å². The lowest BCUT2D eigenvalue weighted by atomic mass is 9.88. The van der Waals surface area contributed by atoms with Crippen LogP contribution in [-0.2, 0) is 9.53 Å². The number of aliphatic hydroxyl groups is 1. The van der Waals surface area contributed by atoms with Crippen molar-refractivity contribution in [3.63, 3.8) is 0 Å². The molecule has 0 amide bonds. The number of carbonyl (C=O) groups excluding carboxylic acids is 1. The number of carbonyl (C=O) groups is 1. The van der Waals surface area contributed by atoms with E-state index in [9.17, 15) is 9.90 Å². The SMILES string of the molecule is CCOC(=O)[C@@H](O)C=C=C(C)C(C)(C)C. The summed E-state index contributed by atoms with van der Waals surface area (Å²) in [5, 5.41) is 9.36. The third-order valence-corrected chi connectivity index (χ3v) is 2.11. The Bertz CT molecular complexity index is 278. The van der Waals surface area contributed by atoms with Crippen LogP contribution in [0.4, 0.5) is 0 Å². The fourth-order valence-corrected chi connectivity index (χ4v) is 0.716. The van der Waals surface area contributed by atoms with Crippen molar-refractivity contribution in [1.29, 1.82) is 0 Å². The first kappa shape index (κ1) is 13.9. The number of ether oxygens (including phenoxy) is 1. The molecule has 0 radical (unpaired) electrons. The third-order valence-electron chi connectivity index (χ3n) is 2.11. The molecule has 1 atom stereocenters. The first-order valence-corrected chi connectivity index (χ1v) is 5.07. The van der Waals surface area contributed by atoms with Crippen molar-refractivity contribution in [2.75, 3.05) is 6.61 Å². The highest BCUT2D eigenvalue weighted by Gasteiger charge is 2.14. The molecule has 0 saturated carbocycles. The number of hydrogen-bond acceptors (Lipinski definition) is 3. The zero-order chi connectivity index (χ0) is 12.1. The van der Waals surface area contributed by atoms with Crippen LogP contribution in [0, 0.1) is 5.41 Å². The molecule has 0 aliphatic carbocycles. The molecule has 86 valence electrons. The predicted molar refractivity (Wildman–Crippen MR) is 59.4 cm³/mol. The van der Waals surface area contributed by atoms with Crippen LogP contribution < -0.4 is 0 Å². The quantitative estimate of drug-likeness (QED) is 0.575. The molecule has 0 rings (SSSR count). The summed E-state index contributed by atoms with van der Waals surface area (Å²) in [5.74, 6) is -0.633. The molecule has 0 aliphatic heterocycles. The summed E-state index contributed by atoms with van der Waals surface area (Å²) in [5.41, 5.74) is 3.87. The summed E-state index contributed by atoms with van der Waals surface area (Å²) in [4.78, 5) is 11.1. The van der Waals surface area contributed by atoms with Gasteiger partial charge < -0.3 is 9.84 Å². The molecule has 0 saturated heterocycles. The maximum absolute atomic E-state index is 11.1. The van der Waals surface area contributed by atoms with Gasteiger partial charge in [-0.3, -0.25) is 0 Å². The Balaban J connectivity index is 4.58. The Kier molecular flexibility index (Phi) is 5.34. The number of rotatable bonds is 3. The van der Waals surface area contributed by atoms with Gasteiger partial charge in [-0.15, -0.1) is 5.73 Å². The molecule has 0 heterocycles. The van der Waals surface area contributed by atoms with Gasteiger partial charge in [0, 0.05) is 0 Å². The number of aliphatic hydroxyl groups excluding tert-OH is 1. The second kappa shape index (κ2) is 5.74. The normalized spacial score (nSPS) is 12.7. The summed E-state index contributed by atoms with van der Waals surface area (Å²) in [6, 6.07) is 0. The van der Waals surface area contributed by atoms with Crippen LogP contribution in [0.5, 0.6) is 0 Å². The molecule has 1 N–H and O–H groups in total. The second-order valence-electron chi connectivity index (χ2n) is 4.38. The maximum Gasteiger partial charge on any atom is 0.339 e. The molecule has 0 unspecified atom stereocenters. The highest BCUT2D eigenvalue weighted by Crippen LogP contribution is 2.22. The van der Waals surface area contributed by atoms with Crippen LogP contribution in [0.1, 0.15) is 34.6 Å². The Hall–Kier alpha value is -1.05. The highest BCUT2D eigenvalue weighted by atomic mass is 16.5. The molecule has 0 aliphatic rings. The molecule has 0 fully saturated rings. The van der Waals surface area contributed by atoms with Gasteiger partial charge in [-0.2, -0.15) is 0 Å². The molecular formula is C12H20O3. The average molecular weight is 212 g/mol. The zero-order valence-corrected chi connectivity index (χ0v) is 10.1. The highest BCUT2D eigenvalue weighted by molar-refractivity contribution is 5.76. The average Bonchev–Trinajstić information content (AvgIpc) is 2.12. The van der Waals surface area contributed by atoms with Gasteiger partial charge >= 0.3 is 5.97 Å². The molecule has 0 aromatic heterocycles. The van der Waals surface area contributed by atoms with Gasteiger partial charge in [0.05, 0.1) is 6.61 Å². The van der Waals surface area contributed by atoms with Gasteiger partial charge in [0.25, 0.3) is 0 Å². The fraction of sp³-hybridized carbons (Fsp3) is 0.667. The van der Waals surface area contributed by atoms with Crippen molar-refractivity contribution in [1.82, 2.24) is 0 Å². The van der Waals surface area contributed by atoms with Crippen LogP contribution in [0.25, 0.3) is 0 Å². The van der Waals surface area contributed by atoms with E-state index >= 15 is 0 Å². The maximum atomic E-state index is 11.1. The van der Waals surface area contributed by atoms with Crippen molar-refractivity contribution in [2.24, 2.45) is 5.41 Å². The van der Waals surface area contributed by atoms with Crippen LogP contribution in [0.15, 0.2) is 17.4 Å². The van der Waals surface area contributed by atoms with E-state index in [1.54, 1.807) is 6.92 Å². The summed E-state index contributed by atoms with van der Waals surface area (Å²) >= 11 is 0. The molecular weight excluding hydrogens is 192 g/mol. The largest absolute Gasteiger partial charge is 0.464 e. The van der Waals surface area contributed by atoms with Crippen LogP contribution in [0.2, 0.25) is 0 Å². The second-order valence-corrected chi connectivity index (χ2v) is 4.38. The monoisotopic (exact) mass is 212 g/mol. The lowest BCUT2D eigenvalue weighted by Gasteiger charge is -2.16. The Morgan fingerprint density at radius 3 is 2.47 bits per heavy atom. The van der Waals surface area contributed by atoms with E-state index in [-0.39, 0.29) is 12.0 Å². The third kappa shape index (κ3) is 5.40. The topological polar surface area (TPSA) is 46.5 Å². The van der Waals surface area contributed by atoms with Gasteiger partial charge in [-0.05, 0) is 30.9 Å². The molecule has 0 spiro atoms. The van der Waals surface area contributed by atoms with Crippen LogP contribution >= 0.6 is 0 Å². The predicted octanol–water partition coefficient (Wildman–Crippen LogP) is 2.06. The minimum absolute atomic E-state index is 0.00905. The molecule has 3 heteroatoms. The molecule has 15 heavy (non-hydrogen) atoms. The van der Waals surface area contributed by atoms with Gasteiger partial charge in [0.2, 0.25) is 0 Å². The zero-order valence-electron chi connectivity index (χ0n) is 10.1. The van der Waals surface area contributed by atoms with Gasteiger partial charge in [-0.25, -0.2) is 4.79 Å². The van der Waals surface area contributed by atoms with Gasteiger partial charge in [0.15, 0.2) is 6.10 Å². The Labute approximate surface area is 91.4 Å². The first-order chi connectivity index (χ1) is 6.79. The van der Waals surface area contributed by atoms with E-state index < -0.39 is 12.1 Å². The Morgan fingerprint density at radius 2 is 2.07 bits per heavy atom. The summed E-state index contributed by atoms with van der Waals surface area (Å²) in [6.07, 6.45) is 0.112. The Morgan fingerprint density at radius 1 is 1.53 bits per heavy atom. The summed E-state index contributed by atoms with van der Waals surface area (Å²) < 4.78 is 4.65. The van der Waals surface area contributed by atoms with Crippen molar-refractivity contribution < 1.29 is 14.6 Å².